The Bertz CT molecular complexity index is 369. The average molecular weight is 237 g/mol. The number of hydrogen-bond donors (Lipinski definition) is 3. The number of carbonyl (C=O) groups is 1. The summed E-state index contributed by atoms with van der Waals surface area (Å²) in [5.74, 6) is -0.508. The van der Waals surface area contributed by atoms with Crippen molar-refractivity contribution < 1.29 is 9.53 Å². The summed E-state index contributed by atoms with van der Waals surface area (Å²) in [5.41, 5.74) is 12.7. The molecule has 1 amide bonds. The Morgan fingerprint density at radius 3 is 2.82 bits per heavy atom. The van der Waals surface area contributed by atoms with Crippen molar-refractivity contribution in [3.63, 3.8) is 0 Å². The number of benzene rings is 1. The molecule has 0 aliphatic rings. The first-order valence-electron chi connectivity index (χ1n) is 5.50. The molecule has 5 N–H and O–H groups in total. The van der Waals surface area contributed by atoms with Gasteiger partial charge in [-0.3, -0.25) is 4.79 Å². The van der Waals surface area contributed by atoms with Crippen molar-refractivity contribution in [2.75, 3.05) is 25.6 Å². The third-order valence-corrected chi connectivity index (χ3v) is 2.47. The smallest absolute Gasteiger partial charge is 0.236 e. The normalized spacial score (nSPS) is 12.1. The number of primary amides is 1. The third-order valence-electron chi connectivity index (χ3n) is 2.47. The maximum absolute atomic E-state index is 10.8. The molecular formula is C12H19N3O2. The summed E-state index contributed by atoms with van der Waals surface area (Å²) < 4.78 is 5.04. The van der Waals surface area contributed by atoms with Gasteiger partial charge in [-0.2, -0.15) is 0 Å². The van der Waals surface area contributed by atoms with E-state index in [9.17, 15) is 4.79 Å². The largest absolute Gasteiger partial charge is 0.384 e. The summed E-state index contributed by atoms with van der Waals surface area (Å²) in [6.07, 6.45) is 0.811. The highest BCUT2D eigenvalue weighted by molar-refractivity contribution is 5.80. The van der Waals surface area contributed by atoms with E-state index in [2.05, 4.69) is 5.32 Å². The molecule has 0 radical (unpaired) electrons. The quantitative estimate of drug-likeness (QED) is 0.627. The molecule has 0 spiro atoms. The zero-order valence-electron chi connectivity index (χ0n) is 9.98. The number of carbonyl (C=O) groups excluding carboxylic acids is 1. The van der Waals surface area contributed by atoms with Crippen molar-refractivity contribution >= 4 is 11.6 Å². The van der Waals surface area contributed by atoms with Gasteiger partial charge >= 0.3 is 0 Å². The number of methoxy groups -OCH3 is 1. The summed E-state index contributed by atoms with van der Waals surface area (Å²) in [7, 11) is 1.67. The van der Waals surface area contributed by atoms with Crippen LogP contribution >= 0.6 is 0 Å². The van der Waals surface area contributed by atoms with E-state index >= 15 is 0 Å². The zero-order valence-corrected chi connectivity index (χ0v) is 9.98. The molecule has 1 unspecified atom stereocenters. The van der Waals surface area contributed by atoms with Crippen LogP contribution in [0.25, 0.3) is 0 Å². The minimum Gasteiger partial charge on any atom is -0.384 e. The lowest BCUT2D eigenvalue weighted by atomic mass is 10.1. The summed E-state index contributed by atoms with van der Waals surface area (Å²) in [5, 5.41) is 3.12. The second-order valence-corrected chi connectivity index (χ2v) is 3.79. The highest BCUT2D eigenvalue weighted by Gasteiger charge is 2.09. The van der Waals surface area contributed by atoms with E-state index in [1.807, 2.05) is 24.3 Å². The predicted octanol–water partition coefficient (Wildman–Crippen LogP) is 0.100. The molecule has 1 aromatic rings. The van der Waals surface area contributed by atoms with Crippen LogP contribution in [-0.4, -0.2) is 32.2 Å². The zero-order chi connectivity index (χ0) is 12.7. The van der Waals surface area contributed by atoms with Crippen LogP contribution in [0.3, 0.4) is 0 Å². The lowest BCUT2D eigenvalue weighted by Gasteiger charge is -2.14. The first-order chi connectivity index (χ1) is 8.15. The van der Waals surface area contributed by atoms with Crippen molar-refractivity contribution in [1.29, 1.82) is 0 Å². The number of ether oxygens (including phenoxy) is 1. The Kier molecular flexibility index (Phi) is 5.45. The topological polar surface area (TPSA) is 90.4 Å². The van der Waals surface area contributed by atoms with Crippen LogP contribution in [-0.2, 0) is 16.0 Å². The van der Waals surface area contributed by atoms with Crippen LogP contribution < -0.4 is 16.8 Å². The van der Waals surface area contributed by atoms with E-state index < -0.39 is 11.9 Å². The summed E-state index contributed by atoms with van der Waals surface area (Å²) in [4.78, 5) is 10.8. The van der Waals surface area contributed by atoms with Gasteiger partial charge in [-0.05, 0) is 18.1 Å². The van der Waals surface area contributed by atoms with E-state index in [1.54, 1.807) is 7.11 Å². The van der Waals surface area contributed by atoms with Crippen LogP contribution in [0.4, 0.5) is 5.69 Å². The highest BCUT2D eigenvalue weighted by atomic mass is 16.5. The molecule has 1 rings (SSSR count). The Morgan fingerprint density at radius 1 is 1.47 bits per heavy atom. The van der Waals surface area contributed by atoms with E-state index in [0.717, 1.165) is 17.7 Å². The maximum atomic E-state index is 10.8. The molecule has 0 saturated carbocycles. The Labute approximate surface area is 101 Å². The molecule has 0 bridgehead atoms. The van der Waals surface area contributed by atoms with Gasteiger partial charge in [0.2, 0.25) is 5.91 Å². The second kappa shape index (κ2) is 6.88. The number of nitrogens with two attached hydrogens (primary N) is 2. The molecule has 0 fully saturated rings. The Balaban J connectivity index is 2.60. The lowest BCUT2D eigenvalue weighted by molar-refractivity contribution is -0.118. The molecule has 94 valence electrons. The SMILES string of the molecule is COCCc1ccccc1NCC(N)C(N)=O. The number of nitrogens with one attached hydrogen (secondary N) is 1. The monoisotopic (exact) mass is 237 g/mol. The first kappa shape index (κ1) is 13.5. The van der Waals surface area contributed by atoms with Gasteiger partial charge in [-0.1, -0.05) is 18.2 Å². The summed E-state index contributed by atoms with van der Waals surface area (Å²) in [6, 6.07) is 7.17. The highest BCUT2D eigenvalue weighted by Crippen LogP contribution is 2.15. The van der Waals surface area contributed by atoms with Crippen LogP contribution in [0.5, 0.6) is 0 Å². The molecule has 5 heteroatoms. The molecule has 5 nitrogen and oxygen atoms in total. The molecule has 1 atom stereocenters. The number of rotatable bonds is 7. The van der Waals surface area contributed by atoms with Crippen molar-refractivity contribution in [3.8, 4) is 0 Å². The minimum atomic E-state index is -0.675. The molecule has 0 heterocycles. The maximum Gasteiger partial charge on any atom is 0.236 e. The fourth-order valence-electron chi connectivity index (χ4n) is 1.44. The van der Waals surface area contributed by atoms with Crippen molar-refractivity contribution in [2.45, 2.75) is 12.5 Å². The van der Waals surface area contributed by atoms with Gasteiger partial charge in [0.15, 0.2) is 0 Å². The van der Waals surface area contributed by atoms with E-state index in [1.165, 1.54) is 0 Å². The van der Waals surface area contributed by atoms with Gasteiger partial charge in [0.05, 0.1) is 6.61 Å². The van der Waals surface area contributed by atoms with Gasteiger partial charge in [0.1, 0.15) is 6.04 Å². The number of hydrogen-bond acceptors (Lipinski definition) is 4. The van der Waals surface area contributed by atoms with E-state index in [-0.39, 0.29) is 0 Å². The van der Waals surface area contributed by atoms with Crippen LogP contribution in [0.2, 0.25) is 0 Å². The van der Waals surface area contributed by atoms with Gasteiger partial charge in [-0.15, -0.1) is 0 Å². The van der Waals surface area contributed by atoms with Gasteiger partial charge < -0.3 is 21.5 Å². The molecule has 17 heavy (non-hydrogen) atoms. The van der Waals surface area contributed by atoms with Gasteiger partial charge in [0.25, 0.3) is 0 Å². The molecule has 0 aromatic heterocycles. The molecule has 0 aliphatic heterocycles. The second-order valence-electron chi connectivity index (χ2n) is 3.79. The lowest BCUT2D eigenvalue weighted by Crippen LogP contribution is -2.41. The van der Waals surface area contributed by atoms with Crippen LogP contribution in [0.15, 0.2) is 24.3 Å². The van der Waals surface area contributed by atoms with Gasteiger partial charge in [0, 0.05) is 19.3 Å². The fourth-order valence-corrected chi connectivity index (χ4v) is 1.44. The van der Waals surface area contributed by atoms with Crippen molar-refractivity contribution in [2.24, 2.45) is 11.5 Å². The van der Waals surface area contributed by atoms with Crippen molar-refractivity contribution in [3.05, 3.63) is 29.8 Å². The number of anilines is 1. The predicted molar refractivity (Wildman–Crippen MR) is 67.7 cm³/mol. The van der Waals surface area contributed by atoms with Gasteiger partial charge in [-0.25, -0.2) is 0 Å². The van der Waals surface area contributed by atoms with E-state index in [0.29, 0.717) is 13.2 Å². The third kappa shape index (κ3) is 4.42. The van der Waals surface area contributed by atoms with E-state index in [4.69, 9.17) is 16.2 Å². The molecule has 0 saturated heterocycles. The van der Waals surface area contributed by atoms with Crippen LogP contribution in [0.1, 0.15) is 5.56 Å². The van der Waals surface area contributed by atoms with Crippen LogP contribution in [0, 0.1) is 0 Å². The first-order valence-corrected chi connectivity index (χ1v) is 5.50. The minimum absolute atomic E-state index is 0.333. The van der Waals surface area contributed by atoms with Crippen molar-refractivity contribution in [1.82, 2.24) is 0 Å². The standard InChI is InChI=1S/C12H19N3O2/c1-17-7-6-9-4-2-3-5-11(9)15-8-10(13)12(14)16/h2-5,10,15H,6-8,13H2,1H3,(H2,14,16). The Morgan fingerprint density at radius 2 is 2.18 bits per heavy atom. The summed E-state index contributed by atoms with van der Waals surface area (Å²) in [6.45, 7) is 0.986. The Hall–Kier alpha value is -1.59. The summed E-state index contributed by atoms with van der Waals surface area (Å²) >= 11 is 0. The molecule has 0 aliphatic carbocycles. The fraction of sp³-hybridized carbons (Fsp3) is 0.417. The number of amides is 1. The molecular weight excluding hydrogens is 218 g/mol. The molecule has 1 aromatic carbocycles. The average Bonchev–Trinajstić information content (AvgIpc) is 2.34. The number of para-hydroxylation sites is 1.